The summed E-state index contributed by atoms with van der Waals surface area (Å²) in [6, 6.07) is 6.02. The maximum atomic E-state index is 5.53. The average Bonchev–Trinajstić information content (AvgIpc) is 2.04. The van der Waals surface area contributed by atoms with Crippen LogP contribution in [0.4, 0.5) is 5.69 Å². The Kier molecular flexibility index (Phi) is 2.91. The molecule has 0 heterocycles. The number of anilines is 1. The van der Waals surface area contributed by atoms with Crippen LogP contribution in [0.25, 0.3) is 0 Å². The van der Waals surface area contributed by atoms with Gasteiger partial charge in [-0.25, -0.2) is 0 Å². The van der Waals surface area contributed by atoms with E-state index in [-0.39, 0.29) is 0 Å². The van der Waals surface area contributed by atoms with Crippen LogP contribution >= 0.6 is 15.9 Å². The van der Waals surface area contributed by atoms with Crippen molar-refractivity contribution in [2.24, 2.45) is 5.73 Å². The van der Waals surface area contributed by atoms with E-state index in [1.165, 1.54) is 0 Å². The summed E-state index contributed by atoms with van der Waals surface area (Å²) >= 11 is 3.38. The lowest BCUT2D eigenvalue weighted by molar-refractivity contribution is 1.07. The highest BCUT2D eigenvalue weighted by Gasteiger charge is 1.97. The number of nitrogens with two attached hydrogens (primary N) is 1. The van der Waals surface area contributed by atoms with Gasteiger partial charge >= 0.3 is 0 Å². The van der Waals surface area contributed by atoms with E-state index in [1.54, 1.807) is 0 Å². The minimum absolute atomic E-state index is 0.565. The van der Waals surface area contributed by atoms with E-state index >= 15 is 0 Å². The summed E-state index contributed by atoms with van der Waals surface area (Å²) in [5, 5.41) is 3.07. The maximum absolute atomic E-state index is 5.53. The van der Waals surface area contributed by atoms with Crippen LogP contribution < -0.4 is 11.1 Å². The molecule has 0 atom stereocenters. The first-order chi connectivity index (χ1) is 5.27. The second-order valence-corrected chi connectivity index (χ2v) is 3.17. The van der Waals surface area contributed by atoms with Crippen molar-refractivity contribution in [1.82, 2.24) is 0 Å². The van der Waals surface area contributed by atoms with Gasteiger partial charge in [-0.2, -0.15) is 0 Å². The molecule has 1 aromatic carbocycles. The molecule has 0 bridgehead atoms. The third kappa shape index (κ3) is 1.94. The van der Waals surface area contributed by atoms with Crippen molar-refractivity contribution in [2.45, 2.75) is 6.54 Å². The molecule has 0 unspecified atom stereocenters. The van der Waals surface area contributed by atoms with Crippen molar-refractivity contribution in [3.8, 4) is 0 Å². The van der Waals surface area contributed by atoms with Crippen LogP contribution in [0.3, 0.4) is 0 Å². The summed E-state index contributed by atoms with van der Waals surface area (Å²) < 4.78 is 1.07. The van der Waals surface area contributed by atoms with Gasteiger partial charge in [-0.15, -0.1) is 0 Å². The fourth-order valence-electron chi connectivity index (χ4n) is 0.975. The Morgan fingerprint density at radius 3 is 2.82 bits per heavy atom. The number of hydrogen-bond donors (Lipinski definition) is 2. The molecule has 0 aliphatic heterocycles. The second kappa shape index (κ2) is 3.74. The summed E-state index contributed by atoms with van der Waals surface area (Å²) in [4.78, 5) is 0. The fraction of sp³-hybridized carbons (Fsp3) is 0.250. The van der Waals surface area contributed by atoms with Gasteiger partial charge in [0, 0.05) is 23.8 Å². The van der Waals surface area contributed by atoms with Crippen LogP contribution in [-0.2, 0) is 6.54 Å². The second-order valence-electron chi connectivity index (χ2n) is 2.26. The van der Waals surface area contributed by atoms with Gasteiger partial charge in [0.1, 0.15) is 0 Å². The molecule has 0 aliphatic rings. The Balaban J connectivity index is 3.06. The molecular weight excluding hydrogens is 204 g/mol. The van der Waals surface area contributed by atoms with Crippen LogP contribution in [0.2, 0.25) is 0 Å². The Labute approximate surface area is 74.9 Å². The summed E-state index contributed by atoms with van der Waals surface area (Å²) in [6.45, 7) is 0.565. The summed E-state index contributed by atoms with van der Waals surface area (Å²) in [6.07, 6.45) is 0. The van der Waals surface area contributed by atoms with E-state index < -0.39 is 0 Å². The Morgan fingerprint density at radius 2 is 2.27 bits per heavy atom. The van der Waals surface area contributed by atoms with E-state index in [0.29, 0.717) is 6.54 Å². The van der Waals surface area contributed by atoms with Gasteiger partial charge in [0.2, 0.25) is 0 Å². The van der Waals surface area contributed by atoms with Crippen molar-refractivity contribution in [3.05, 3.63) is 28.2 Å². The lowest BCUT2D eigenvalue weighted by atomic mass is 10.2. The van der Waals surface area contributed by atoms with E-state index in [4.69, 9.17) is 5.73 Å². The normalized spacial score (nSPS) is 9.73. The van der Waals surface area contributed by atoms with E-state index in [2.05, 4.69) is 21.2 Å². The van der Waals surface area contributed by atoms with Crippen molar-refractivity contribution in [3.63, 3.8) is 0 Å². The molecule has 60 valence electrons. The van der Waals surface area contributed by atoms with Gasteiger partial charge in [-0.05, 0) is 23.8 Å². The Morgan fingerprint density at radius 1 is 1.55 bits per heavy atom. The van der Waals surface area contributed by atoms with Crippen LogP contribution in [0.15, 0.2) is 22.7 Å². The van der Waals surface area contributed by atoms with Crippen molar-refractivity contribution in [2.75, 3.05) is 12.4 Å². The summed E-state index contributed by atoms with van der Waals surface area (Å²) in [5.74, 6) is 0. The van der Waals surface area contributed by atoms with Gasteiger partial charge in [0.25, 0.3) is 0 Å². The smallest absolute Gasteiger partial charge is 0.0383 e. The molecule has 3 heteroatoms. The largest absolute Gasteiger partial charge is 0.388 e. The minimum Gasteiger partial charge on any atom is -0.388 e. The molecule has 0 saturated carbocycles. The molecule has 3 N–H and O–H groups in total. The topological polar surface area (TPSA) is 38.0 Å². The molecule has 0 spiro atoms. The predicted octanol–water partition coefficient (Wildman–Crippen LogP) is 1.95. The van der Waals surface area contributed by atoms with E-state index in [0.717, 1.165) is 15.7 Å². The first-order valence-electron chi connectivity index (χ1n) is 3.44. The quantitative estimate of drug-likeness (QED) is 0.791. The number of nitrogens with one attached hydrogen (secondary N) is 1. The molecule has 0 fully saturated rings. The van der Waals surface area contributed by atoms with Crippen molar-refractivity contribution in [1.29, 1.82) is 0 Å². The molecule has 1 rings (SSSR count). The first-order valence-corrected chi connectivity index (χ1v) is 4.23. The number of rotatable bonds is 2. The summed E-state index contributed by atoms with van der Waals surface area (Å²) in [5.41, 5.74) is 7.75. The monoisotopic (exact) mass is 214 g/mol. The lowest BCUT2D eigenvalue weighted by Crippen LogP contribution is -2.01. The highest BCUT2D eigenvalue weighted by atomic mass is 79.9. The number of halogens is 1. The van der Waals surface area contributed by atoms with Crippen LogP contribution in [0.5, 0.6) is 0 Å². The van der Waals surface area contributed by atoms with Crippen molar-refractivity contribution < 1.29 is 0 Å². The highest BCUT2D eigenvalue weighted by molar-refractivity contribution is 9.10. The average molecular weight is 215 g/mol. The zero-order chi connectivity index (χ0) is 8.27. The molecule has 0 saturated heterocycles. The molecule has 0 amide bonds. The van der Waals surface area contributed by atoms with Gasteiger partial charge in [0.15, 0.2) is 0 Å². The highest BCUT2D eigenvalue weighted by Crippen LogP contribution is 2.19. The molecule has 0 radical (unpaired) electrons. The third-order valence-corrected chi connectivity index (χ3v) is 2.05. The Bertz CT molecular complexity index is 248. The van der Waals surface area contributed by atoms with Gasteiger partial charge in [-0.1, -0.05) is 15.9 Å². The standard InChI is InChI=1S/C8H11BrN2/c1-11-8-3-2-7(9)4-6(8)5-10/h2-4,11H,5,10H2,1H3. The molecule has 11 heavy (non-hydrogen) atoms. The third-order valence-electron chi connectivity index (χ3n) is 1.56. The number of hydrogen-bond acceptors (Lipinski definition) is 2. The number of benzene rings is 1. The first kappa shape index (κ1) is 8.56. The van der Waals surface area contributed by atoms with Gasteiger partial charge in [0.05, 0.1) is 0 Å². The molecule has 1 aromatic rings. The zero-order valence-electron chi connectivity index (χ0n) is 6.39. The SMILES string of the molecule is CNc1ccc(Br)cc1CN. The van der Waals surface area contributed by atoms with Gasteiger partial charge < -0.3 is 11.1 Å². The maximum Gasteiger partial charge on any atom is 0.0383 e. The van der Waals surface area contributed by atoms with E-state index in [9.17, 15) is 0 Å². The molecule has 2 nitrogen and oxygen atoms in total. The lowest BCUT2D eigenvalue weighted by Gasteiger charge is -2.06. The van der Waals surface area contributed by atoms with Crippen LogP contribution in [0.1, 0.15) is 5.56 Å². The van der Waals surface area contributed by atoms with E-state index in [1.807, 2.05) is 25.2 Å². The molecular formula is C8H11BrN2. The fourth-order valence-corrected chi connectivity index (χ4v) is 1.38. The molecule has 0 aromatic heterocycles. The summed E-state index contributed by atoms with van der Waals surface area (Å²) in [7, 11) is 1.89. The van der Waals surface area contributed by atoms with Crippen LogP contribution in [-0.4, -0.2) is 7.05 Å². The van der Waals surface area contributed by atoms with Crippen molar-refractivity contribution >= 4 is 21.6 Å². The predicted molar refractivity (Wildman–Crippen MR) is 51.6 cm³/mol. The zero-order valence-corrected chi connectivity index (χ0v) is 7.98. The minimum atomic E-state index is 0.565. The Hall–Kier alpha value is -0.540. The van der Waals surface area contributed by atoms with Crippen LogP contribution in [0, 0.1) is 0 Å². The molecule has 0 aliphatic carbocycles. The van der Waals surface area contributed by atoms with Gasteiger partial charge in [-0.3, -0.25) is 0 Å².